The smallest absolute Gasteiger partial charge is 0.408 e. The summed E-state index contributed by atoms with van der Waals surface area (Å²) in [7, 11) is 0. The summed E-state index contributed by atoms with van der Waals surface area (Å²) in [6.45, 7) is 1.45. The lowest BCUT2D eigenvalue weighted by Crippen LogP contribution is -2.23. The van der Waals surface area contributed by atoms with Crippen molar-refractivity contribution in [3.63, 3.8) is 0 Å². The molecule has 1 heterocycles. The van der Waals surface area contributed by atoms with Gasteiger partial charge in [0.25, 0.3) is 0 Å². The number of nitrogens with zero attached hydrogens (tertiary/aromatic N) is 1. The first-order valence-electron chi connectivity index (χ1n) is 11.9. The Balaban J connectivity index is 0.00000533. The van der Waals surface area contributed by atoms with Gasteiger partial charge in [0.15, 0.2) is 13.2 Å². The number of pyridine rings is 1. The van der Waals surface area contributed by atoms with E-state index in [4.69, 9.17) is 20.9 Å². The van der Waals surface area contributed by atoms with Crippen molar-refractivity contribution in [1.82, 2.24) is 15.6 Å². The molecular formula is C29H32Cl3N5O4. The van der Waals surface area contributed by atoms with Crippen LogP contribution in [-0.2, 0) is 35.7 Å². The SMILES string of the molecule is Cl.Cl.Cl.NCc1ccc(CNC(=O)OCC#Cc2cccc(C#CCOC(=O)NCc3ccc(CN)cc3)n2)cc1. The Labute approximate surface area is 258 Å². The van der Waals surface area contributed by atoms with Crippen LogP contribution in [-0.4, -0.2) is 30.4 Å². The number of alkyl carbamates (subject to hydrolysis) is 2. The number of hydrogen-bond donors (Lipinski definition) is 4. The third-order valence-electron chi connectivity index (χ3n) is 5.12. The van der Waals surface area contributed by atoms with Crippen molar-refractivity contribution in [1.29, 1.82) is 0 Å². The number of hydrogen-bond acceptors (Lipinski definition) is 7. The monoisotopic (exact) mass is 619 g/mol. The number of ether oxygens (including phenoxy) is 2. The molecule has 0 spiro atoms. The second kappa shape index (κ2) is 20.9. The largest absolute Gasteiger partial charge is 0.436 e. The number of halogens is 3. The summed E-state index contributed by atoms with van der Waals surface area (Å²) in [6, 6.07) is 20.4. The normalized spacial score (nSPS) is 9.02. The fourth-order valence-electron chi connectivity index (χ4n) is 3.07. The van der Waals surface area contributed by atoms with Gasteiger partial charge in [-0.05, 0) is 46.2 Å². The molecule has 218 valence electrons. The van der Waals surface area contributed by atoms with Crippen LogP contribution in [0.5, 0.6) is 0 Å². The first-order valence-corrected chi connectivity index (χ1v) is 11.9. The van der Waals surface area contributed by atoms with Gasteiger partial charge in [-0.1, -0.05) is 66.4 Å². The number of amides is 2. The van der Waals surface area contributed by atoms with E-state index in [0.29, 0.717) is 37.6 Å². The summed E-state index contributed by atoms with van der Waals surface area (Å²) in [4.78, 5) is 28.0. The third-order valence-corrected chi connectivity index (χ3v) is 5.12. The van der Waals surface area contributed by atoms with Crippen LogP contribution in [0.3, 0.4) is 0 Å². The van der Waals surface area contributed by atoms with Crippen molar-refractivity contribution < 1.29 is 19.1 Å². The average molecular weight is 621 g/mol. The number of nitrogens with two attached hydrogens (primary N) is 2. The van der Waals surface area contributed by atoms with Crippen molar-refractivity contribution in [2.45, 2.75) is 26.2 Å². The van der Waals surface area contributed by atoms with Crippen LogP contribution in [0.2, 0.25) is 0 Å². The lowest BCUT2D eigenvalue weighted by molar-refractivity contribution is 0.158. The van der Waals surface area contributed by atoms with E-state index in [2.05, 4.69) is 39.3 Å². The molecule has 2 amide bonds. The molecule has 41 heavy (non-hydrogen) atoms. The predicted octanol–water partition coefficient (Wildman–Crippen LogP) is 3.82. The number of carbonyl (C=O) groups excluding carboxylic acids is 2. The Morgan fingerprint density at radius 2 is 1.00 bits per heavy atom. The van der Waals surface area contributed by atoms with Crippen molar-refractivity contribution in [3.8, 4) is 23.7 Å². The minimum Gasteiger partial charge on any atom is -0.436 e. The van der Waals surface area contributed by atoms with Gasteiger partial charge in [-0.15, -0.1) is 37.2 Å². The van der Waals surface area contributed by atoms with Crippen LogP contribution >= 0.6 is 37.2 Å². The average Bonchev–Trinajstić information content (AvgIpc) is 2.96. The van der Waals surface area contributed by atoms with Gasteiger partial charge >= 0.3 is 12.2 Å². The maximum Gasteiger partial charge on any atom is 0.408 e. The first-order chi connectivity index (χ1) is 18.6. The molecule has 9 nitrogen and oxygen atoms in total. The van der Waals surface area contributed by atoms with Gasteiger partial charge in [-0.3, -0.25) is 0 Å². The van der Waals surface area contributed by atoms with Crippen LogP contribution in [0.1, 0.15) is 33.6 Å². The zero-order chi connectivity index (χ0) is 27.0. The van der Waals surface area contributed by atoms with E-state index < -0.39 is 12.2 Å². The summed E-state index contributed by atoms with van der Waals surface area (Å²) in [5, 5.41) is 5.33. The number of nitrogens with one attached hydrogen (secondary N) is 2. The Bertz CT molecular complexity index is 1250. The molecule has 0 radical (unpaired) electrons. The number of carbonyl (C=O) groups is 2. The van der Waals surface area contributed by atoms with E-state index >= 15 is 0 Å². The molecule has 3 aromatic rings. The fraction of sp³-hybridized carbons (Fsp3) is 0.207. The van der Waals surface area contributed by atoms with E-state index in [1.54, 1.807) is 18.2 Å². The molecule has 0 atom stereocenters. The van der Waals surface area contributed by atoms with Gasteiger partial charge in [0, 0.05) is 26.2 Å². The van der Waals surface area contributed by atoms with Crippen LogP contribution in [0.4, 0.5) is 9.59 Å². The molecule has 6 N–H and O–H groups in total. The topological polar surface area (TPSA) is 142 Å². The molecule has 0 aliphatic rings. The summed E-state index contributed by atoms with van der Waals surface area (Å²) >= 11 is 0. The second-order valence-corrected chi connectivity index (χ2v) is 7.91. The Morgan fingerprint density at radius 1 is 0.634 bits per heavy atom. The fourth-order valence-corrected chi connectivity index (χ4v) is 3.07. The van der Waals surface area contributed by atoms with Crippen molar-refractivity contribution >= 4 is 49.4 Å². The van der Waals surface area contributed by atoms with E-state index in [-0.39, 0.29) is 50.4 Å². The van der Waals surface area contributed by atoms with Gasteiger partial charge in [0.2, 0.25) is 0 Å². The Hall–Kier alpha value is -3.96. The van der Waals surface area contributed by atoms with Crippen LogP contribution in [0, 0.1) is 23.7 Å². The molecule has 0 unspecified atom stereocenters. The molecular weight excluding hydrogens is 589 g/mol. The van der Waals surface area contributed by atoms with Crippen molar-refractivity contribution in [3.05, 3.63) is 100 Å². The molecule has 0 bridgehead atoms. The molecule has 12 heteroatoms. The molecule has 0 aliphatic heterocycles. The number of benzene rings is 2. The Kier molecular flexibility index (Phi) is 18.9. The highest BCUT2D eigenvalue weighted by atomic mass is 35.5. The maximum atomic E-state index is 11.8. The van der Waals surface area contributed by atoms with Crippen LogP contribution in [0.25, 0.3) is 0 Å². The van der Waals surface area contributed by atoms with E-state index in [1.807, 2.05) is 48.5 Å². The number of rotatable bonds is 8. The zero-order valence-corrected chi connectivity index (χ0v) is 24.5. The minimum atomic E-state index is -0.566. The molecule has 0 aliphatic carbocycles. The summed E-state index contributed by atoms with van der Waals surface area (Å²) in [5.41, 5.74) is 16.0. The van der Waals surface area contributed by atoms with Crippen LogP contribution in [0.15, 0.2) is 66.7 Å². The lowest BCUT2D eigenvalue weighted by Gasteiger charge is -2.05. The molecule has 0 fully saturated rings. The van der Waals surface area contributed by atoms with Gasteiger partial charge < -0.3 is 31.6 Å². The molecule has 0 saturated heterocycles. The maximum absolute atomic E-state index is 11.8. The summed E-state index contributed by atoms with van der Waals surface area (Å²) < 4.78 is 10.1. The quantitative estimate of drug-likeness (QED) is 0.281. The highest BCUT2D eigenvalue weighted by molar-refractivity contribution is 5.86. The molecule has 2 aromatic carbocycles. The zero-order valence-electron chi connectivity index (χ0n) is 22.1. The summed E-state index contributed by atoms with van der Waals surface area (Å²) in [5.74, 6) is 11.1. The van der Waals surface area contributed by atoms with Crippen molar-refractivity contribution in [2.24, 2.45) is 11.5 Å². The summed E-state index contributed by atoms with van der Waals surface area (Å²) in [6.07, 6.45) is -1.13. The third kappa shape index (κ3) is 14.3. The molecule has 0 saturated carbocycles. The Morgan fingerprint density at radius 3 is 1.37 bits per heavy atom. The highest BCUT2D eigenvalue weighted by Crippen LogP contribution is 2.04. The second-order valence-electron chi connectivity index (χ2n) is 7.91. The number of aromatic nitrogens is 1. The van der Waals surface area contributed by atoms with Crippen molar-refractivity contribution in [2.75, 3.05) is 13.2 Å². The predicted molar refractivity (Wildman–Crippen MR) is 165 cm³/mol. The van der Waals surface area contributed by atoms with Gasteiger partial charge in [0.05, 0.1) is 0 Å². The van der Waals surface area contributed by atoms with Crippen LogP contribution < -0.4 is 22.1 Å². The van der Waals surface area contributed by atoms with E-state index in [9.17, 15) is 9.59 Å². The van der Waals surface area contributed by atoms with E-state index in [0.717, 1.165) is 22.3 Å². The highest BCUT2D eigenvalue weighted by Gasteiger charge is 2.02. The molecule has 1 aromatic heterocycles. The van der Waals surface area contributed by atoms with Gasteiger partial charge in [-0.25, -0.2) is 14.6 Å². The van der Waals surface area contributed by atoms with Gasteiger partial charge in [-0.2, -0.15) is 0 Å². The first kappa shape index (κ1) is 37.0. The van der Waals surface area contributed by atoms with E-state index in [1.165, 1.54) is 0 Å². The minimum absolute atomic E-state index is 0. The van der Waals surface area contributed by atoms with Gasteiger partial charge in [0.1, 0.15) is 11.4 Å². The lowest BCUT2D eigenvalue weighted by atomic mass is 10.1. The standard InChI is InChI=1S/C29H29N5O4.3ClH/c30-18-22-8-12-24(13-9-22)20-32-28(35)37-16-2-6-26-4-1-5-27(34-26)7-3-17-38-29(36)33-21-25-14-10-23(19-31)11-15-25;;;/h1,4-5,8-15H,16-21,30-31H2,(H,32,35)(H,33,36);3*1H. The molecule has 3 rings (SSSR count).